The highest BCUT2D eigenvalue weighted by molar-refractivity contribution is 5.94. The number of para-hydroxylation sites is 2. The number of fused-ring (bicyclic) bond motifs is 1. The van der Waals surface area contributed by atoms with Crippen molar-refractivity contribution in [2.24, 2.45) is 0 Å². The maximum atomic E-state index is 12.9. The number of hydrogen-bond acceptors (Lipinski definition) is 8. The lowest BCUT2D eigenvalue weighted by atomic mass is 10.2. The highest BCUT2D eigenvalue weighted by atomic mass is 16.5. The van der Waals surface area contributed by atoms with Crippen molar-refractivity contribution in [3.05, 3.63) is 60.4 Å². The van der Waals surface area contributed by atoms with Crippen molar-refractivity contribution < 1.29 is 9.32 Å². The second-order valence-corrected chi connectivity index (χ2v) is 7.29. The minimum atomic E-state index is -0.0926. The number of hydrogen-bond donors (Lipinski definition) is 0. The maximum Gasteiger partial charge on any atom is 0.274 e. The molecular weight excluding hydrogens is 394 g/mol. The second-order valence-electron chi connectivity index (χ2n) is 7.29. The fourth-order valence-corrected chi connectivity index (χ4v) is 3.58. The Hall–Kier alpha value is -3.88. The molecule has 0 radical (unpaired) electrons. The zero-order valence-corrected chi connectivity index (χ0v) is 17.1. The summed E-state index contributed by atoms with van der Waals surface area (Å²) in [6.45, 7) is 4.56. The van der Waals surface area contributed by atoms with E-state index >= 15 is 0 Å². The summed E-state index contributed by atoms with van der Waals surface area (Å²) < 4.78 is 5.16. The van der Waals surface area contributed by atoms with Gasteiger partial charge < -0.3 is 14.3 Å². The number of aromatic nitrogens is 5. The molecule has 4 heterocycles. The fourth-order valence-electron chi connectivity index (χ4n) is 3.58. The number of pyridine rings is 1. The predicted molar refractivity (Wildman–Crippen MR) is 115 cm³/mol. The number of piperazine rings is 1. The van der Waals surface area contributed by atoms with Crippen LogP contribution in [0.2, 0.25) is 0 Å². The van der Waals surface area contributed by atoms with E-state index in [-0.39, 0.29) is 5.91 Å². The quantitative estimate of drug-likeness (QED) is 0.501. The van der Waals surface area contributed by atoms with Crippen molar-refractivity contribution in [2.45, 2.75) is 13.3 Å². The van der Waals surface area contributed by atoms with Crippen LogP contribution in [-0.2, 0) is 6.42 Å². The third-order valence-electron chi connectivity index (χ3n) is 5.34. The van der Waals surface area contributed by atoms with E-state index < -0.39 is 0 Å². The summed E-state index contributed by atoms with van der Waals surface area (Å²) in [5.41, 5.74) is 2.70. The zero-order valence-electron chi connectivity index (χ0n) is 17.1. The Kier molecular flexibility index (Phi) is 4.99. The molecule has 9 nitrogen and oxygen atoms in total. The Labute approximate surface area is 178 Å². The SMILES string of the molecule is CCc1nc(-c2ccc(N3CCN(C(=O)c4cnc5ccccc5n4)CC3)nc2)no1. The van der Waals surface area contributed by atoms with Crippen molar-refractivity contribution >= 4 is 22.8 Å². The largest absolute Gasteiger partial charge is 0.353 e. The molecule has 1 amide bonds. The molecule has 31 heavy (non-hydrogen) atoms. The van der Waals surface area contributed by atoms with Gasteiger partial charge in [-0.05, 0) is 24.3 Å². The van der Waals surface area contributed by atoms with Crippen LogP contribution in [0, 0.1) is 0 Å². The molecule has 9 heteroatoms. The zero-order chi connectivity index (χ0) is 21.2. The first-order chi connectivity index (χ1) is 15.2. The van der Waals surface area contributed by atoms with Gasteiger partial charge in [-0.3, -0.25) is 9.78 Å². The van der Waals surface area contributed by atoms with E-state index in [9.17, 15) is 4.79 Å². The van der Waals surface area contributed by atoms with Gasteiger partial charge in [0.1, 0.15) is 11.5 Å². The summed E-state index contributed by atoms with van der Waals surface area (Å²) in [6.07, 6.45) is 4.01. The Morgan fingerprint density at radius 3 is 2.48 bits per heavy atom. The number of amides is 1. The smallest absolute Gasteiger partial charge is 0.274 e. The fraction of sp³-hybridized carbons (Fsp3) is 0.273. The van der Waals surface area contributed by atoms with Crippen molar-refractivity contribution in [3.8, 4) is 11.4 Å². The van der Waals surface area contributed by atoms with Crippen LogP contribution in [0.25, 0.3) is 22.4 Å². The van der Waals surface area contributed by atoms with Gasteiger partial charge in [-0.15, -0.1) is 0 Å². The van der Waals surface area contributed by atoms with Gasteiger partial charge in [-0.25, -0.2) is 9.97 Å². The number of carbonyl (C=O) groups is 1. The van der Waals surface area contributed by atoms with E-state index in [1.165, 1.54) is 0 Å². The highest BCUT2D eigenvalue weighted by Gasteiger charge is 2.24. The van der Waals surface area contributed by atoms with Gasteiger partial charge >= 0.3 is 0 Å². The highest BCUT2D eigenvalue weighted by Crippen LogP contribution is 2.20. The lowest BCUT2D eigenvalue weighted by Crippen LogP contribution is -2.49. The van der Waals surface area contributed by atoms with Gasteiger partial charge in [0, 0.05) is 44.4 Å². The van der Waals surface area contributed by atoms with Gasteiger partial charge in [0.25, 0.3) is 5.91 Å². The third-order valence-corrected chi connectivity index (χ3v) is 5.34. The molecule has 1 fully saturated rings. The second kappa shape index (κ2) is 8.10. The summed E-state index contributed by atoms with van der Waals surface area (Å²) in [5.74, 6) is 1.92. The van der Waals surface area contributed by atoms with E-state index in [1.807, 2.05) is 48.2 Å². The molecular formula is C22H21N7O2. The first-order valence-corrected chi connectivity index (χ1v) is 10.3. The van der Waals surface area contributed by atoms with Crippen LogP contribution in [-0.4, -0.2) is 62.1 Å². The first kappa shape index (κ1) is 19.1. The maximum absolute atomic E-state index is 12.9. The molecule has 1 aromatic carbocycles. The first-order valence-electron chi connectivity index (χ1n) is 10.3. The summed E-state index contributed by atoms with van der Waals surface area (Å²) in [7, 11) is 0. The van der Waals surface area contributed by atoms with E-state index in [2.05, 4.69) is 30.0 Å². The van der Waals surface area contributed by atoms with E-state index in [0.717, 1.165) is 22.4 Å². The molecule has 3 aromatic heterocycles. The molecule has 0 N–H and O–H groups in total. The van der Waals surface area contributed by atoms with Crippen LogP contribution in [0.1, 0.15) is 23.3 Å². The molecule has 1 aliphatic heterocycles. The van der Waals surface area contributed by atoms with Gasteiger partial charge in [0.15, 0.2) is 0 Å². The topological polar surface area (TPSA) is 101 Å². The van der Waals surface area contributed by atoms with E-state index in [1.54, 1.807) is 12.4 Å². The number of rotatable bonds is 4. The summed E-state index contributed by atoms with van der Waals surface area (Å²) in [6, 6.07) is 11.4. The molecule has 4 aromatic rings. The number of nitrogens with zero attached hydrogens (tertiary/aromatic N) is 7. The van der Waals surface area contributed by atoms with Crippen LogP contribution in [0.4, 0.5) is 5.82 Å². The Bertz CT molecular complexity index is 1210. The van der Waals surface area contributed by atoms with Crippen LogP contribution < -0.4 is 4.90 Å². The van der Waals surface area contributed by atoms with Crippen LogP contribution >= 0.6 is 0 Å². The average Bonchev–Trinajstić information content (AvgIpc) is 3.33. The lowest BCUT2D eigenvalue weighted by molar-refractivity contribution is 0.0740. The van der Waals surface area contributed by atoms with Crippen molar-refractivity contribution in [1.29, 1.82) is 0 Å². The average molecular weight is 415 g/mol. The molecule has 1 saturated heterocycles. The molecule has 0 aliphatic carbocycles. The minimum absolute atomic E-state index is 0.0926. The molecule has 156 valence electrons. The number of aryl methyl sites for hydroxylation is 1. The van der Waals surface area contributed by atoms with Crippen LogP contribution in [0.3, 0.4) is 0 Å². The normalized spacial score (nSPS) is 14.2. The molecule has 1 aliphatic rings. The summed E-state index contributed by atoms with van der Waals surface area (Å²) >= 11 is 0. The van der Waals surface area contributed by atoms with E-state index in [4.69, 9.17) is 4.52 Å². The molecule has 0 saturated carbocycles. The molecule has 5 rings (SSSR count). The standard InChI is InChI=1S/C22H21N7O2/c1-2-20-26-21(27-31-20)15-7-8-19(24-13-15)28-9-11-29(12-10-28)22(30)18-14-23-16-5-3-4-6-17(16)25-18/h3-8,13-14H,2,9-12H2,1H3. The minimum Gasteiger partial charge on any atom is -0.353 e. The molecule has 0 atom stereocenters. The number of anilines is 1. The third kappa shape index (κ3) is 3.81. The van der Waals surface area contributed by atoms with Gasteiger partial charge in [0.2, 0.25) is 11.7 Å². The van der Waals surface area contributed by atoms with Crippen molar-refractivity contribution in [1.82, 2.24) is 30.0 Å². The van der Waals surface area contributed by atoms with Crippen molar-refractivity contribution in [3.63, 3.8) is 0 Å². The Morgan fingerprint density at radius 2 is 1.77 bits per heavy atom. The van der Waals surface area contributed by atoms with Crippen LogP contribution in [0.15, 0.2) is 53.3 Å². The monoisotopic (exact) mass is 415 g/mol. The molecule has 0 spiro atoms. The lowest BCUT2D eigenvalue weighted by Gasteiger charge is -2.35. The molecule has 0 unspecified atom stereocenters. The Morgan fingerprint density at radius 1 is 0.968 bits per heavy atom. The summed E-state index contributed by atoms with van der Waals surface area (Å²) in [4.78, 5) is 34.6. The van der Waals surface area contributed by atoms with Gasteiger partial charge in [0.05, 0.1) is 17.2 Å². The van der Waals surface area contributed by atoms with Gasteiger partial charge in [-0.1, -0.05) is 24.2 Å². The van der Waals surface area contributed by atoms with Crippen molar-refractivity contribution in [2.75, 3.05) is 31.1 Å². The Balaban J connectivity index is 1.23. The number of carbonyl (C=O) groups excluding carboxylic acids is 1. The van der Waals surface area contributed by atoms with Crippen LogP contribution in [0.5, 0.6) is 0 Å². The predicted octanol–water partition coefficient (Wildman–Crippen LogP) is 2.60. The van der Waals surface area contributed by atoms with E-state index in [0.29, 0.717) is 50.0 Å². The summed E-state index contributed by atoms with van der Waals surface area (Å²) in [5, 5.41) is 3.98. The van der Waals surface area contributed by atoms with Gasteiger partial charge in [-0.2, -0.15) is 4.98 Å². The molecule has 0 bridgehead atoms. The number of benzene rings is 1.